The molecular weight excluding hydrogens is 661 g/mol. The van der Waals surface area contributed by atoms with Crippen LogP contribution in [0.1, 0.15) is 276 Å². The second-order valence-electron chi connectivity index (χ2n) is 20.0. The van der Waals surface area contributed by atoms with Crippen molar-refractivity contribution < 1.29 is 0 Å². The average molecular weight is 751 g/mol. The van der Waals surface area contributed by atoms with Gasteiger partial charge in [0.1, 0.15) is 0 Å². The molecule has 55 heavy (non-hydrogen) atoms. The summed E-state index contributed by atoms with van der Waals surface area (Å²) >= 11 is 0. The van der Waals surface area contributed by atoms with E-state index in [4.69, 9.17) is 0 Å². The zero-order chi connectivity index (χ0) is 37.7. The summed E-state index contributed by atoms with van der Waals surface area (Å²) in [6, 6.07) is 0. The Labute approximate surface area is 343 Å². The van der Waals surface area contributed by atoms with Gasteiger partial charge in [-0.15, -0.1) is 0 Å². The summed E-state index contributed by atoms with van der Waals surface area (Å²) in [5.41, 5.74) is 12.1. The molecule has 0 radical (unpaired) electrons. The molecule has 0 N–H and O–H groups in total. The van der Waals surface area contributed by atoms with E-state index in [0.717, 1.165) is 0 Å². The van der Waals surface area contributed by atoms with Gasteiger partial charge in [-0.2, -0.15) is 0 Å². The van der Waals surface area contributed by atoms with Crippen molar-refractivity contribution in [2.24, 2.45) is 10.8 Å². The van der Waals surface area contributed by atoms with Crippen LogP contribution in [0.2, 0.25) is 0 Å². The van der Waals surface area contributed by atoms with Crippen LogP contribution in [0, 0.1) is 10.8 Å². The Morgan fingerprint density at radius 1 is 0.255 bits per heavy atom. The highest BCUT2D eigenvalue weighted by Crippen LogP contribution is 2.73. The average Bonchev–Trinajstić information content (AvgIpc) is 3.70. The molecule has 6 aliphatic carbocycles. The molecule has 0 spiro atoms. The van der Waals surface area contributed by atoms with Crippen molar-refractivity contribution in [2.75, 3.05) is 0 Å². The second-order valence-corrected chi connectivity index (χ2v) is 20.0. The van der Waals surface area contributed by atoms with Crippen LogP contribution in [-0.2, 0) is 0 Å². The van der Waals surface area contributed by atoms with Gasteiger partial charge in [-0.05, 0) is 144 Å². The van der Waals surface area contributed by atoms with E-state index >= 15 is 0 Å². The fraction of sp³-hybridized carbons (Fsp3) is 0.818. The maximum Gasteiger partial charge on any atom is 0.0179 e. The fourth-order valence-electron chi connectivity index (χ4n) is 12.7. The first kappa shape index (κ1) is 43.3. The molecule has 0 saturated heterocycles. The molecule has 0 aromatic carbocycles. The Morgan fingerprint density at radius 2 is 0.509 bits per heavy atom. The molecule has 2 bridgehead atoms. The minimum absolute atomic E-state index is 0.275. The van der Waals surface area contributed by atoms with Gasteiger partial charge in [0, 0.05) is 10.8 Å². The van der Waals surface area contributed by atoms with Crippen LogP contribution in [0.15, 0.2) is 57.7 Å². The van der Waals surface area contributed by atoms with Crippen molar-refractivity contribution >= 4 is 0 Å². The van der Waals surface area contributed by atoms with Gasteiger partial charge in [-0.1, -0.05) is 190 Å². The first-order chi connectivity index (χ1) is 27.3. The van der Waals surface area contributed by atoms with Crippen molar-refractivity contribution in [3.05, 3.63) is 57.7 Å². The first-order valence-corrected chi connectivity index (χ1v) is 25.9. The van der Waals surface area contributed by atoms with E-state index < -0.39 is 0 Å². The number of rotatable bonds is 4. The third kappa shape index (κ3) is 12.6. The van der Waals surface area contributed by atoms with Gasteiger partial charge in [-0.25, -0.2) is 0 Å². The van der Waals surface area contributed by atoms with E-state index in [1.165, 1.54) is 276 Å². The minimum Gasteiger partial charge on any atom is -0.0844 e. The number of hydrogen-bond acceptors (Lipinski definition) is 0. The first-order valence-electron chi connectivity index (χ1n) is 25.9. The van der Waals surface area contributed by atoms with E-state index in [1.807, 2.05) is 33.4 Å². The minimum atomic E-state index is 0.275. The van der Waals surface area contributed by atoms with E-state index in [1.54, 1.807) is 0 Å². The summed E-state index contributed by atoms with van der Waals surface area (Å²) in [6.45, 7) is 0. The van der Waals surface area contributed by atoms with Gasteiger partial charge in [-0.3, -0.25) is 0 Å². The van der Waals surface area contributed by atoms with Crippen LogP contribution in [0.25, 0.3) is 0 Å². The van der Waals surface area contributed by atoms with Crippen LogP contribution in [0.4, 0.5) is 0 Å². The van der Waals surface area contributed by atoms with Crippen molar-refractivity contribution in [3.8, 4) is 0 Å². The topological polar surface area (TPSA) is 0 Å². The Morgan fingerprint density at radius 3 is 0.836 bits per heavy atom. The normalized spacial score (nSPS) is 30.8. The molecule has 0 aromatic heterocycles. The molecule has 1 saturated carbocycles. The summed E-state index contributed by atoms with van der Waals surface area (Å²) in [7, 11) is 0. The molecule has 0 aromatic rings. The monoisotopic (exact) mass is 751 g/mol. The zero-order valence-corrected chi connectivity index (χ0v) is 36.7. The molecule has 0 heteroatoms. The molecule has 6 aliphatic rings. The fourth-order valence-corrected chi connectivity index (χ4v) is 12.7. The van der Waals surface area contributed by atoms with E-state index in [0.29, 0.717) is 0 Å². The third-order valence-corrected chi connectivity index (χ3v) is 15.8. The third-order valence-electron chi connectivity index (χ3n) is 15.8. The quantitative estimate of drug-likeness (QED) is 0.251. The van der Waals surface area contributed by atoms with Gasteiger partial charge in [0.25, 0.3) is 0 Å². The maximum atomic E-state index is 2.92. The maximum absolute atomic E-state index is 2.92. The van der Waals surface area contributed by atoms with Gasteiger partial charge in [0.2, 0.25) is 0 Å². The van der Waals surface area contributed by atoms with Crippen LogP contribution >= 0.6 is 0 Å². The highest BCUT2D eigenvalue weighted by atomic mass is 14.6. The molecule has 0 nitrogen and oxygen atoms in total. The van der Waals surface area contributed by atoms with Crippen molar-refractivity contribution in [3.63, 3.8) is 0 Å². The van der Waals surface area contributed by atoms with Crippen LogP contribution in [0.3, 0.4) is 0 Å². The zero-order valence-electron chi connectivity index (χ0n) is 36.7. The predicted octanol–water partition coefficient (Wildman–Crippen LogP) is 18.8. The summed E-state index contributed by atoms with van der Waals surface area (Å²) in [5, 5.41) is 0. The molecule has 6 rings (SSSR count). The molecule has 0 heterocycles. The van der Waals surface area contributed by atoms with Gasteiger partial charge < -0.3 is 0 Å². The van der Waals surface area contributed by atoms with E-state index in [-0.39, 0.29) is 10.8 Å². The summed E-state index contributed by atoms with van der Waals surface area (Å²) in [5.74, 6) is 0. The lowest BCUT2D eigenvalue weighted by Crippen LogP contribution is -2.26. The van der Waals surface area contributed by atoms with Crippen molar-refractivity contribution in [1.29, 1.82) is 0 Å². The Hall–Kier alpha value is -1.30. The lowest BCUT2D eigenvalue weighted by Gasteiger charge is -2.39. The highest BCUT2D eigenvalue weighted by Gasteiger charge is 2.62. The van der Waals surface area contributed by atoms with E-state index in [2.05, 4.69) is 24.3 Å². The smallest absolute Gasteiger partial charge is 0.0179 e. The van der Waals surface area contributed by atoms with Crippen LogP contribution in [0.5, 0.6) is 0 Å². The molecule has 310 valence electrons. The van der Waals surface area contributed by atoms with Crippen molar-refractivity contribution in [1.82, 2.24) is 0 Å². The Bertz CT molecular complexity index is 1170. The SMILES string of the molecule is C1=C(C2=C(C3=CCCCCCCCCCC3)C3(C4=CCCCCCCCCCC4)CCC2(C2=CCCCCCCCCCC2)C3)CCCCCCCCCC1. The molecule has 0 amide bonds. The summed E-state index contributed by atoms with van der Waals surface area (Å²) in [6.07, 6.45) is 72.9. The lowest BCUT2D eigenvalue weighted by atomic mass is 9.64. The van der Waals surface area contributed by atoms with Crippen LogP contribution in [-0.4, -0.2) is 0 Å². The molecule has 1 fully saturated rings. The molecule has 2 unspecified atom stereocenters. The largest absolute Gasteiger partial charge is 0.0844 e. The number of fused-ring (bicyclic) bond motifs is 2. The summed E-state index contributed by atoms with van der Waals surface area (Å²) < 4.78 is 0. The molecule has 2 atom stereocenters. The van der Waals surface area contributed by atoms with Gasteiger partial charge in [0.05, 0.1) is 0 Å². The second kappa shape index (κ2) is 24.6. The predicted molar refractivity (Wildman–Crippen MR) is 243 cm³/mol. The number of hydrogen-bond donors (Lipinski definition) is 0. The van der Waals surface area contributed by atoms with Crippen molar-refractivity contribution in [2.45, 2.75) is 276 Å². The molecular formula is C55H90. The van der Waals surface area contributed by atoms with Crippen LogP contribution < -0.4 is 0 Å². The highest BCUT2D eigenvalue weighted by molar-refractivity contribution is 5.64. The van der Waals surface area contributed by atoms with E-state index in [9.17, 15) is 0 Å². The number of allylic oxidation sites excluding steroid dienone is 10. The lowest BCUT2D eigenvalue weighted by molar-refractivity contribution is 0.401. The summed E-state index contributed by atoms with van der Waals surface area (Å²) in [4.78, 5) is 0. The standard InChI is InChI=1S/C55H90/c1-5-13-21-29-37-48(38-30-22-14-6-1)52-53(49-39-31-23-15-7-2-8-16-24-32-40-49)55(51-43-35-27-19-11-4-12-20-28-36-44-51)46-45-54(52,47-55)50-41-33-25-17-9-3-10-18-26-34-42-50/h37,39,41,43H,1-36,38,40,42,44-47H2. The van der Waals surface area contributed by atoms with Gasteiger partial charge in [0.15, 0.2) is 0 Å². The Kier molecular flexibility index (Phi) is 19.3. The van der Waals surface area contributed by atoms with Gasteiger partial charge >= 0.3 is 0 Å². The molecule has 0 aliphatic heterocycles. The Balaban J connectivity index is 1.53.